The molecule has 1 unspecified atom stereocenters. The quantitative estimate of drug-likeness (QED) is 0.809. The molecule has 118 valence electrons. The van der Waals surface area contributed by atoms with Crippen molar-refractivity contribution >= 4 is 11.9 Å². The van der Waals surface area contributed by atoms with Crippen LogP contribution in [0.1, 0.15) is 56.2 Å². The van der Waals surface area contributed by atoms with E-state index in [4.69, 9.17) is 9.52 Å². The van der Waals surface area contributed by atoms with Crippen LogP contribution in [0.15, 0.2) is 16.7 Å². The summed E-state index contributed by atoms with van der Waals surface area (Å²) in [7, 11) is 0. The Kier molecular flexibility index (Phi) is 6.00. The van der Waals surface area contributed by atoms with Gasteiger partial charge in [0, 0.05) is 13.0 Å². The van der Waals surface area contributed by atoms with E-state index in [2.05, 4.69) is 26.1 Å². The summed E-state index contributed by atoms with van der Waals surface area (Å²) >= 11 is 0. The Morgan fingerprint density at radius 3 is 2.48 bits per heavy atom. The van der Waals surface area contributed by atoms with Crippen molar-refractivity contribution in [1.82, 2.24) is 5.32 Å². The standard InChI is InChI=1S/C16H25NO4/c1-11-13(8-10-21-11)15(20)17-9-7-12(16(2,3)4)5-6-14(18)19/h8,10,12H,5-7,9H2,1-4H3,(H,17,20)(H,18,19). The van der Waals surface area contributed by atoms with E-state index in [9.17, 15) is 9.59 Å². The average molecular weight is 295 g/mol. The Morgan fingerprint density at radius 1 is 1.33 bits per heavy atom. The van der Waals surface area contributed by atoms with Crippen LogP contribution in [0.4, 0.5) is 0 Å². The fourth-order valence-corrected chi connectivity index (χ4v) is 2.38. The Bertz CT molecular complexity index is 485. The first-order valence-corrected chi connectivity index (χ1v) is 7.26. The van der Waals surface area contributed by atoms with Gasteiger partial charge in [0.25, 0.3) is 5.91 Å². The molecule has 0 saturated heterocycles. The number of rotatable bonds is 7. The smallest absolute Gasteiger partial charge is 0.303 e. The van der Waals surface area contributed by atoms with Crippen molar-refractivity contribution in [3.8, 4) is 0 Å². The van der Waals surface area contributed by atoms with E-state index in [0.717, 1.165) is 6.42 Å². The first-order chi connectivity index (χ1) is 9.71. The van der Waals surface area contributed by atoms with Crippen LogP contribution < -0.4 is 5.32 Å². The van der Waals surface area contributed by atoms with Crippen LogP contribution in [0.3, 0.4) is 0 Å². The summed E-state index contributed by atoms with van der Waals surface area (Å²) in [5.41, 5.74) is 0.569. The maximum Gasteiger partial charge on any atom is 0.303 e. The highest BCUT2D eigenvalue weighted by molar-refractivity contribution is 5.94. The lowest BCUT2D eigenvalue weighted by atomic mass is 9.76. The van der Waals surface area contributed by atoms with Gasteiger partial charge in [-0.25, -0.2) is 0 Å². The summed E-state index contributed by atoms with van der Waals surface area (Å²) in [6.45, 7) is 8.58. The second-order valence-corrected chi connectivity index (χ2v) is 6.43. The fraction of sp³-hybridized carbons (Fsp3) is 0.625. The summed E-state index contributed by atoms with van der Waals surface area (Å²) in [5.74, 6) is -0.0699. The molecule has 5 heteroatoms. The van der Waals surface area contributed by atoms with Crippen molar-refractivity contribution < 1.29 is 19.1 Å². The van der Waals surface area contributed by atoms with Crippen molar-refractivity contribution in [3.05, 3.63) is 23.7 Å². The number of hydrogen-bond acceptors (Lipinski definition) is 3. The van der Waals surface area contributed by atoms with Crippen LogP contribution in [0.2, 0.25) is 0 Å². The summed E-state index contributed by atoms with van der Waals surface area (Å²) in [6, 6.07) is 1.65. The van der Waals surface area contributed by atoms with E-state index in [1.807, 2.05) is 0 Å². The molecule has 1 aromatic rings. The van der Waals surface area contributed by atoms with Gasteiger partial charge < -0.3 is 14.8 Å². The third kappa shape index (κ3) is 5.61. The number of aliphatic carboxylic acids is 1. The van der Waals surface area contributed by atoms with Crippen LogP contribution in [0.25, 0.3) is 0 Å². The highest BCUT2D eigenvalue weighted by Crippen LogP contribution is 2.32. The van der Waals surface area contributed by atoms with E-state index >= 15 is 0 Å². The molecule has 0 saturated carbocycles. The third-order valence-electron chi connectivity index (χ3n) is 3.81. The largest absolute Gasteiger partial charge is 0.481 e. The van der Waals surface area contributed by atoms with Crippen molar-refractivity contribution in [2.24, 2.45) is 11.3 Å². The summed E-state index contributed by atoms with van der Waals surface area (Å²) in [5, 5.41) is 11.7. The predicted molar refractivity (Wildman–Crippen MR) is 80.2 cm³/mol. The molecule has 1 atom stereocenters. The Morgan fingerprint density at radius 2 is 2.00 bits per heavy atom. The van der Waals surface area contributed by atoms with E-state index in [1.165, 1.54) is 6.26 Å². The zero-order valence-corrected chi connectivity index (χ0v) is 13.2. The first-order valence-electron chi connectivity index (χ1n) is 7.26. The number of carbonyl (C=O) groups is 2. The SMILES string of the molecule is Cc1occc1C(=O)NCCC(CCC(=O)O)C(C)(C)C. The molecule has 5 nitrogen and oxygen atoms in total. The molecule has 1 aromatic heterocycles. The Balaban J connectivity index is 2.48. The van der Waals surface area contributed by atoms with Crippen molar-refractivity contribution in [2.75, 3.05) is 6.54 Å². The number of carbonyl (C=O) groups excluding carboxylic acids is 1. The molecule has 1 heterocycles. The summed E-state index contributed by atoms with van der Waals surface area (Å²) in [4.78, 5) is 22.7. The average Bonchev–Trinajstić information content (AvgIpc) is 2.77. The second kappa shape index (κ2) is 7.29. The van der Waals surface area contributed by atoms with Gasteiger partial charge in [-0.2, -0.15) is 0 Å². The second-order valence-electron chi connectivity index (χ2n) is 6.43. The number of aryl methyl sites for hydroxylation is 1. The minimum absolute atomic E-state index is 0.0196. The van der Waals surface area contributed by atoms with Gasteiger partial charge in [0.15, 0.2) is 0 Å². The van der Waals surface area contributed by atoms with E-state index in [-0.39, 0.29) is 23.7 Å². The van der Waals surface area contributed by atoms with Gasteiger partial charge in [0.1, 0.15) is 5.76 Å². The van der Waals surface area contributed by atoms with Gasteiger partial charge in [-0.05, 0) is 37.2 Å². The summed E-state index contributed by atoms with van der Waals surface area (Å²) in [6.07, 6.45) is 3.05. The molecule has 0 aliphatic heterocycles. The molecule has 0 fully saturated rings. The monoisotopic (exact) mass is 295 g/mol. The maximum absolute atomic E-state index is 12.0. The molecule has 0 aliphatic carbocycles. The highest BCUT2D eigenvalue weighted by Gasteiger charge is 2.25. The molecule has 21 heavy (non-hydrogen) atoms. The Hall–Kier alpha value is -1.78. The van der Waals surface area contributed by atoms with E-state index in [1.54, 1.807) is 13.0 Å². The van der Waals surface area contributed by atoms with Gasteiger partial charge in [-0.3, -0.25) is 9.59 Å². The molecular formula is C16H25NO4. The third-order valence-corrected chi connectivity index (χ3v) is 3.81. The zero-order chi connectivity index (χ0) is 16.0. The van der Waals surface area contributed by atoms with Crippen LogP contribution in [0.5, 0.6) is 0 Å². The zero-order valence-electron chi connectivity index (χ0n) is 13.2. The summed E-state index contributed by atoms with van der Waals surface area (Å²) < 4.78 is 5.11. The van der Waals surface area contributed by atoms with E-state index in [0.29, 0.717) is 24.3 Å². The molecule has 0 radical (unpaired) electrons. The topological polar surface area (TPSA) is 79.5 Å². The molecular weight excluding hydrogens is 270 g/mol. The van der Waals surface area contributed by atoms with Crippen LogP contribution >= 0.6 is 0 Å². The lowest BCUT2D eigenvalue weighted by molar-refractivity contribution is -0.137. The Labute approximate surface area is 125 Å². The molecule has 0 bridgehead atoms. The number of carboxylic acid groups (broad SMARTS) is 1. The van der Waals surface area contributed by atoms with Crippen molar-refractivity contribution in [3.63, 3.8) is 0 Å². The lowest BCUT2D eigenvalue weighted by Gasteiger charge is -2.30. The van der Waals surface area contributed by atoms with Gasteiger partial charge in [-0.1, -0.05) is 20.8 Å². The van der Waals surface area contributed by atoms with Gasteiger partial charge in [0.05, 0.1) is 11.8 Å². The highest BCUT2D eigenvalue weighted by atomic mass is 16.4. The van der Waals surface area contributed by atoms with Crippen LogP contribution in [-0.2, 0) is 4.79 Å². The molecule has 1 amide bonds. The minimum atomic E-state index is -0.776. The van der Waals surface area contributed by atoms with Crippen molar-refractivity contribution in [1.29, 1.82) is 0 Å². The van der Waals surface area contributed by atoms with Crippen LogP contribution in [-0.4, -0.2) is 23.5 Å². The molecule has 0 aromatic carbocycles. The molecule has 0 aliphatic rings. The number of amides is 1. The molecule has 1 rings (SSSR count). The van der Waals surface area contributed by atoms with Crippen molar-refractivity contribution in [2.45, 2.75) is 47.0 Å². The van der Waals surface area contributed by atoms with Gasteiger partial charge in [0.2, 0.25) is 0 Å². The van der Waals surface area contributed by atoms with Gasteiger partial charge >= 0.3 is 5.97 Å². The number of nitrogens with one attached hydrogen (secondary N) is 1. The number of carboxylic acids is 1. The predicted octanol–water partition coefficient (Wildman–Crippen LogP) is 3.24. The van der Waals surface area contributed by atoms with E-state index < -0.39 is 5.97 Å². The number of hydrogen-bond donors (Lipinski definition) is 2. The first kappa shape index (κ1) is 17.3. The van der Waals surface area contributed by atoms with Crippen LogP contribution in [0, 0.1) is 18.3 Å². The maximum atomic E-state index is 12.0. The number of furan rings is 1. The molecule has 0 spiro atoms. The lowest BCUT2D eigenvalue weighted by Crippen LogP contribution is -2.30. The minimum Gasteiger partial charge on any atom is -0.481 e. The normalized spacial score (nSPS) is 13.0. The van der Waals surface area contributed by atoms with Gasteiger partial charge in [-0.15, -0.1) is 0 Å². The fourth-order valence-electron chi connectivity index (χ4n) is 2.38. The molecule has 2 N–H and O–H groups in total.